The largest absolute Gasteiger partial charge is 0.405 e. The maximum atomic E-state index is 12.8. The Balaban J connectivity index is 1.49. The Bertz CT molecular complexity index is 1240. The molecule has 4 N–H and O–H groups in total. The number of aryl methyl sites for hydroxylation is 2. The van der Waals surface area contributed by atoms with Gasteiger partial charge in [-0.25, -0.2) is 13.1 Å². The van der Waals surface area contributed by atoms with Crippen molar-refractivity contribution >= 4 is 26.8 Å². The molecule has 0 radical (unpaired) electrons. The molecule has 0 saturated heterocycles. The van der Waals surface area contributed by atoms with Gasteiger partial charge in [0.15, 0.2) is 0 Å². The second-order valence-electron chi connectivity index (χ2n) is 7.66. The third-order valence-corrected chi connectivity index (χ3v) is 6.83. The summed E-state index contributed by atoms with van der Waals surface area (Å²) in [5.74, 6) is -0.993. The topological polar surface area (TPSA) is 107 Å². The van der Waals surface area contributed by atoms with Crippen LogP contribution in [0.25, 0.3) is 10.9 Å². The zero-order valence-corrected chi connectivity index (χ0v) is 17.4. The second kappa shape index (κ2) is 7.72. The van der Waals surface area contributed by atoms with Crippen molar-refractivity contribution in [3.63, 3.8) is 0 Å². The number of aromatic amines is 2. The first-order chi connectivity index (χ1) is 14.5. The number of carbonyl (C=O) groups is 1. The highest BCUT2D eigenvalue weighted by molar-refractivity contribution is 7.89. The molecule has 1 aliphatic rings. The van der Waals surface area contributed by atoms with Crippen molar-refractivity contribution in [2.75, 3.05) is 6.54 Å². The smallest absolute Gasteiger partial charge is 0.358 e. The summed E-state index contributed by atoms with van der Waals surface area (Å²) in [5.41, 5.74) is 3.19. The molecule has 166 valence electrons. The minimum absolute atomic E-state index is 0.147. The van der Waals surface area contributed by atoms with Crippen molar-refractivity contribution in [2.24, 2.45) is 0 Å². The number of aromatic nitrogens is 2. The zero-order valence-electron chi connectivity index (χ0n) is 16.6. The lowest BCUT2D eigenvalue weighted by Gasteiger charge is -2.23. The molecule has 31 heavy (non-hydrogen) atoms. The van der Waals surface area contributed by atoms with E-state index >= 15 is 0 Å². The molecule has 7 nitrogen and oxygen atoms in total. The van der Waals surface area contributed by atoms with Crippen molar-refractivity contribution in [1.82, 2.24) is 20.0 Å². The van der Waals surface area contributed by atoms with Crippen LogP contribution in [0.15, 0.2) is 35.4 Å². The van der Waals surface area contributed by atoms with Crippen LogP contribution in [-0.4, -0.2) is 43.1 Å². The van der Waals surface area contributed by atoms with Gasteiger partial charge in [0.2, 0.25) is 0 Å². The molecule has 11 heteroatoms. The summed E-state index contributed by atoms with van der Waals surface area (Å²) in [4.78, 5) is 17.9. The second-order valence-corrected chi connectivity index (χ2v) is 9.34. The molecule has 0 saturated carbocycles. The van der Waals surface area contributed by atoms with Gasteiger partial charge in [0.1, 0.15) is 11.6 Å². The van der Waals surface area contributed by atoms with Gasteiger partial charge in [-0.15, -0.1) is 0 Å². The summed E-state index contributed by atoms with van der Waals surface area (Å²) >= 11 is 0. The van der Waals surface area contributed by atoms with Crippen LogP contribution >= 0.6 is 0 Å². The van der Waals surface area contributed by atoms with Crippen LogP contribution in [-0.2, 0) is 22.9 Å². The number of halogens is 3. The Morgan fingerprint density at radius 3 is 2.71 bits per heavy atom. The Labute approximate surface area is 176 Å². The first kappa shape index (κ1) is 21.4. The molecule has 4 rings (SSSR count). The molecule has 1 aromatic carbocycles. The van der Waals surface area contributed by atoms with Crippen LogP contribution in [0.5, 0.6) is 0 Å². The van der Waals surface area contributed by atoms with E-state index in [9.17, 15) is 26.4 Å². The SMILES string of the molecule is Cc1[nH]c(S(=O)(=O)N[C@@H]2CCc3c([nH]c4ccccc34)C2)cc1C(=O)NCC(F)(F)F. The van der Waals surface area contributed by atoms with Crippen molar-refractivity contribution < 1.29 is 26.4 Å². The van der Waals surface area contributed by atoms with E-state index in [2.05, 4.69) is 14.7 Å². The lowest BCUT2D eigenvalue weighted by molar-refractivity contribution is -0.123. The number of sulfonamides is 1. The summed E-state index contributed by atoms with van der Waals surface area (Å²) in [6, 6.07) is 8.60. The molecule has 0 bridgehead atoms. The molecule has 2 aromatic heterocycles. The predicted octanol–water partition coefficient (Wildman–Crippen LogP) is 2.93. The highest BCUT2D eigenvalue weighted by Crippen LogP contribution is 2.29. The molecule has 0 spiro atoms. The van der Waals surface area contributed by atoms with Crippen LogP contribution in [0.4, 0.5) is 13.2 Å². The van der Waals surface area contributed by atoms with Crippen LogP contribution in [0, 0.1) is 6.92 Å². The third kappa shape index (κ3) is 4.47. The number of nitrogens with one attached hydrogen (secondary N) is 4. The van der Waals surface area contributed by atoms with E-state index in [0.717, 1.165) is 22.7 Å². The molecule has 0 unspecified atom stereocenters. The van der Waals surface area contributed by atoms with Gasteiger partial charge in [-0.3, -0.25) is 4.79 Å². The van der Waals surface area contributed by atoms with Gasteiger partial charge >= 0.3 is 6.18 Å². The number of carbonyl (C=O) groups excluding carboxylic acids is 1. The number of rotatable bonds is 5. The molecule has 1 atom stereocenters. The lowest BCUT2D eigenvalue weighted by Crippen LogP contribution is -2.39. The normalized spacial score (nSPS) is 17.0. The minimum atomic E-state index is -4.56. The van der Waals surface area contributed by atoms with Gasteiger partial charge in [0, 0.05) is 34.8 Å². The van der Waals surface area contributed by atoms with E-state index in [1.807, 2.05) is 24.3 Å². The number of benzene rings is 1. The fourth-order valence-electron chi connectivity index (χ4n) is 3.95. The van der Waals surface area contributed by atoms with Crippen molar-refractivity contribution in [3.05, 3.63) is 52.8 Å². The fourth-order valence-corrected chi connectivity index (χ4v) is 5.28. The van der Waals surface area contributed by atoms with E-state index in [1.165, 1.54) is 12.5 Å². The van der Waals surface area contributed by atoms with Crippen molar-refractivity contribution in [2.45, 2.75) is 43.4 Å². The van der Waals surface area contributed by atoms with Gasteiger partial charge in [-0.05, 0) is 37.5 Å². The number of hydrogen-bond donors (Lipinski definition) is 4. The molecule has 3 aromatic rings. The standard InChI is InChI=1S/C20H21F3N4O3S/c1-11-15(19(28)24-10-20(21,22)23)9-18(25-11)31(29,30)27-12-6-7-14-13-4-2-3-5-16(13)26-17(14)8-12/h2-5,9,12,25-27H,6-8,10H2,1H3,(H,24,28)/t12-/m1/s1. The van der Waals surface area contributed by atoms with E-state index in [0.29, 0.717) is 19.3 Å². The lowest BCUT2D eigenvalue weighted by atomic mass is 9.92. The Hall–Kier alpha value is -2.79. The number of H-pyrrole nitrogens is 2. The number of alkyl halides is 3. The third-order valence-electron chi connectivity index (χ3n) is 5.39. The average molecular weight is 454 g/mol. The van der Waals surface area contributed by atoms with Gasteiger partial charge in [0.05, 0.1) is 5.56 Å². The Morgan fingerprint density at radius 1 is 1.23 bits per heavy atom. The number of amides is 1. The fraction of sp³-hybridized carbons (Fsp3) is 0.350. The van der Waals surface area contributed by atoms with E-state index in [1.54, 1.807) is 5.32 Å². The molecular weight excluding hydrogens is 433 g/mol. The maximum absolute atomic E-state index is 12.8. The summed E-state index contributed by atoms with van der Waals surface area (Å²) in [5, 5.41) is 2.62. The van der Waals surface area contributed by atoms with Crippen LogP contribution < -0.4 is 10.0 Å². The average Bonchev–Trinajstić information content (AvgIpc) is 3.26. The molecule has 0 fully saturated rings. The zero-order chi connectivity index (χ0) is 22.4. The van der Waals surface area contributed by atoms with E-state index < -0.39 is 28.7 Å². The number of hydrogen-bond acceptors (Lipinski definition) is 3. The number of fused-ring (bicyclic) bond motifs is 3. The van der Waals surface area contributed by atoms with Crippen LogP contribution in [0.1, 0.15) is 33.7 Å². The summed E-state index contributed by atoms with van der Waals surface area (Å²) < 4.78 is 65.3. The molecule has 2 heterocycles. The Morgan fingerprint density at radius 2 is 1.97 bits per heavy atom. The summed E-state index contributed by atoms with van der Waals surface area (Å²) in [6.07, 6.45) is -2.76. The first-order valence-electron chi connectivity index (χ1n) is 9.69. The minimum Gasteiger partial charge on any atom is -0.358 e. The first-order valence-corrected chi connectivity index (χ1v) is 11.2. The van der Waals surface area contributed by atoms with Crippen LogP contribution in [0.2, 0.25) is 0 Å². The Kier molecular flexibility index (Phi) is 5.34. The van der Waals surface area contributed by atoms with Gasteiger partial charge in [0.25, 0.3) is 15.9 Å². The molecule has 1 aliphatic carbocycles. The van der Waals surface area contributed by atoms with Crippen LogP contribution in [0.3, 0.4) is 0 Å². The number of para-hydroxylation sites is 1. The summed E-state index contributed by atoms with van der Waals surface area (Å²) in [6.45, 7) is -0.0649. The van der Waals surface area contributed by atoms with Gasteiger partial charge in [-0.2, -0.15) is 13.2 Å². The summed E-state index contributed by atoms with van der Waals surface area (Å²) in [7, 11) is -3.99. The maximum Gasteiger partial charge on any atom is 0.405 e. The highest BCUT2D eigenvalue weighted by atomic mass is 32.2. The molecule has 1 amide bonds. The van der Waals surface area contributed by atoms with E-state index in [-0.39, 0.29) is 22.3 Å². The van der Waals surface area contributed by atoms with Gasteiger partial charge in [-0.1, -0.05) is 18.2 Å². The monoisotopic (exact) mass is 454 g/mol. The highest BCUT2D eigenvalue weighted by Gasteiger charge is 2.30. The van der Waals surface area contributed by atoms with Crippen molar-refractivity contribution in [1.29, 1.82) is 0 Å². The quantitative estimate of drug-likeness (QED) is 0.476. The van der Waals surface area contributed by atoms with Gasteiger partial charge < -0.3 is 15.3 Å². The van der Waals surface area contributed by atoms with E-state index in [4.69, 9.17) is 0 Å². The molecule has 0 aliphatic heterocycles. The van der Waals surface area contributed by atoms with Crippen molar-refractivity contribution in [3.8, 4) is 0 Å². The predicted molar refractivity (Wildman–Crippen MR) is 108 cm³/mol. The molecular formula is C20H21F3N4O3S.